The summed E-state index contributed by atoms with van der Waals surface area (Å²) < 4.78 is 5.26. The number of allylic oxidation sites excluding steroid dienone is 1. The van der Waals surface area contributed by atoms with Crippen molar-refractivity contribution in [3.63, 3.8) is 0 Å². The van der Waals surface area contributed by atoms with E-state index in [-0.39, 0.29) is 18.3 Å². The van der Waals surface area contributed by atoms with E-state index in [9.17, 15) is 9.59 Å². The van der Waals surface area contributed by atoms with Crippen molar-refractivity contribution in [1.29, 1.82) is 0 Å². The Morgan fingerprint density at radius 2 is 2.19 bits per heavy atom. The van der Waals surface area contributed by atoms with Crippen LogP contribution < -0.4 is 10.1 Å². The van der Waals surface area contributed by atoms with Crippen molar-refractivity contribution in [2.24, 2.45) is 0 Å². The lowest BCUT2D eigenvalue weighted by atomic mass is 10.1. The minimum Gasteiger partial charge on any atom is -0.482 e. The highest BCUT2D eigenvalue weighted by atomic mass is 32.1. The number of ketones is 1. The SMILES string of the molecule is Cc1ccc(C=CC(=O)c2ccc3c(c2)NC(=O)CO3)s1. The second-order valence-corrected chi connectivity index (χ2v) is 6.01. The summed E-state index contributed by atoms with van der Waals surface area (Å²) in [6.07, 6.45) is 3.34. The van der Waals surface area contributed by atoms with Gasteiger partial charge in [-0.1, -0.05) is 0 Å². The number of amides is 1. The molecule has 1 amide bonds. The number of fused-ring (bicyclic) bond motifs is 1. The second-order valence-electron chi connectivity index (χ2n) is 4.69. The average molecular weight is 299 g/mol. The Morgan fingerprint density at radius 1 is 1.33 bits per heavy atom. The van der Waals surface area contributed by atoms with E-state index in [1.165, 1.54) is 4.88 Å². The Morgan fingerprint density at radius 3 is 2.95 bits per heavy atom. The maximum absolute atomic E-state index is 12.2. The third kappa shape index (κ3) is 3.03. The van der Waals surface area contributed by atoms with Crippen molar-refractivity contribution >= 4 is 34.8 Å². The summed E-state index contributed by atoms with van der Waals surface area (Å²) in [5, 5.41) is 2.69. The number of ether oxygens (including phenoxy) is 1. The number of aryl methyl sites for hydroxylation is 1. The van der Waals surface area contributed by atoms with Crippen molar-refractivity contribution in [3.05, 3.63) is 51.7 Å². The number of benzene rings is 1. The fourth-order valence-electron chi connectivity index (χ4n) is 2.03. The van der Waals surface area contributed by atoms with Crippen LogP contribution in [0.1, 0.15) is 20.1 Å². The maximum Gasteiger partial charge on any atom is 0.262 e. The van der Waals surface area contributed by atoms with Gasteiger partial charge in [0.25, 0.3) is 5.91 Å². The topological polar surface area (TPSA) is 55.4 Å². The van der Waals surface area contributed by atoms with E-state index in [0.29, 0.717) is 17.0 Å². The van der Waals surface area contributed by atoms with Crippen LogP contribution in [0.25, 0.3) is 6.08 Å². The van der Waals surface area contributed by atoms with Crippen LogP contribution in [-0.2, 0) is 4.79 Å². The van der Waals surface area contributed by atoms with Gasteiger partial charge in [-0.25, -0.2) is 0 Å². The molecule has 0 saturated heterocycles. The molecule has 1 aromatic carbocycles. The molecule has 0 radical (unpaired) electrons. The normalized spacial score (nSPS) is 13.7. The number of rotatable bonds is 3. The lowest BCUT2D eigenvalue weighted by Crippen LogP contribution is -2.25. The van der Waals surface area contributed by atoms with Gasteiger partial charge in [0.1, 0.15) is 5.75 Å². The van der Waals surface area contributed by atoms with E-state index in [0.717, 1.165) is 4.88 Å². The van der Waals surface area contributed by atoms with Crippen LogP contribution in [-0.4, -0.2) is 18.3 Å². The fourth-order valence-corrected chi connectivity index (χ4v) is 2.81. The standard InChI is InChI=1S/C16H13NO3S/c1-10-2-4-12(21-10)5-6-14(18)11-3-7-15-13(8-11)17-16(19)9-20-15/h2-8H,9H2,1H3,(H,17,19). The molecule has 1 aliphatic rings. The lowest BCUT2D eigenvalue weighted by Gasteiger charge is -2.17. The smallest absolute Gasteiger partial charge is 0.262 e. The van der Waals surface area contributed by atoms with E-state index < -0.39 is 0 Å². The number of anilines is 1. The molecule has 1 aliphatic heterocycles. The summed E-state index contributed by atoms with van der Waals surface area (Å²) in [6.45, 7) is 2.04. The van der Waals surface area contributed by atoms with Gasteiger partial charge >= 0.3 is 0 Å². The monoisotopic (exact) mass is 299 g/mol. The maximum atomic E-state index is 12.2. The molecule has 4 nitrogen and oxygen atoms in total. The van der Waals surface area contributed by atoms with Crippen LogP contribution in [0.5, 0.6) is 5.75 Å². The molecule has 0 aliphatic carbocycles. The van der Waals surface area contributed by atoms with Crippen LogP contribution in [0.4, 0.5) is 5.69 Å². The number of carbonyl (C=O) groups excluding carboxylic acids is 2. The highest BCUT2D eigenvalue weighted by molar-refractivity contribution is 7.12. The Balaban J connectivity index is 1.80. The number of nitrogens with one attached hydrogen (secondary N) is 1. The number of carbonyl (C=O) groups is 2. The van der Waals surface area contributed by atoms with Crippen LogP contribution in [0, 0.1) is 6.92 Å². The zero-order valence-electron chi connectivity index (χ0n) is 11.4. The van der Waals surface area contributed by atoms with Gasteiger partial charge in [0.05, 0.1) is 5.69 Å². The van der Waals surface area contributed by atoms with Crippen LogP contribution >= 0.6 is 11.3 Å². The Hall–Kier alpha value is -2.40. The number of hydrogen-bond acceptors (Lipinski definition) is 4. The van der Waals surface area contributed by atoms with E-state index in [1.807, 2.05) is 19.1 Å². The Bertz CT molecular complexity index is 746. The summed E-state index contributed by atoms with van der Waals surface area (Å²) in [5.74, 6) is 0.268. The molecule has 0 saturated carbocycles. The van der Waals surface area contributed by atoms with Gasteiger partial charge in [-0.2, -0.15) is 0 Å². The summed E-state index contributed by atoms with van der Waals surface area (Å²) in [5.41, 5.74) is 1.06. The molecule has 2 aromatic rings. The van der Waals surface area contributed by atoms with Gasteiger partial charge in [0, 0.05) is 15.3 Å². The molecular weight excluding hydrogens is 286 g/mol. The molecule has 5 heteroatoms. The van der Waals surface area contributed by atoms with Crippen molar-refractivity contribution in [2.45, 2.75) is 6.92 Å². The minimum absolute atomic E-state index is 0.0118. The van der Waals surface area contributed by atoms with Gasteiger partial charge in [0.15, 0.2) is 12.4 Å². The summed E-state index contributed by atoms with van der Waals surface area (Å²) >= 11 is 1.63. The zero-order chi connectivity index (χ0) is 14.8. The average Bonchev–Trinajstić information content (AvgIpc) is 2.89. The minimum atomic E-state index is -0.211. The van der Waals surface area contributed by atoms with Crippen LogP contribution in [0.2, 0.25) is 0 Å². The largest absolute Gasteiger partial charge is 0.482 e. The molecule has 0 bridgehead atoms. The molecule has 106 valence electrons. The summed E-state index contributed by atoms with van der Waals surface area (Å²) in [4.78, 5) is 25.7. The lowest BCUT2D eigenvalue weighted by molar-refractivity contribution is -0.118. The van der Waals surface area contributed by atoms with Crippen LogP contribution in [0.3, 0.4) is 0 Å². The van der Waals surface area contributed by atoms with Crippen molar-refractivity contribution in [2.75, 3.05) is 11.9 Å². The fraction of sp³-hybridized carbons (Fsp3) is 0.125. The molecule has 3 rings (SSSR count). The Labute approximate surface area is 126 Å². The summed E-state index contributed by atoms with van der Waals surface area (Å²) in [7, 11) is 0. The third-order valence-electron chi connectivity index (χ3n) is 3.06. The first-order valence-corrected chi connectivity index (χ1v) is 7.29. The highest BCUT2D eigenvalue weighted by Gasteiger charge is 2.17. The van der Waals surface area contributed by atoms with Crippen molar-refractivity contribution in [3.8, 4) is 5.75 Å². The number of hydrogen-bond donors (Lipinski definition) is 1. The predicted octanol–water partition coefficient (Wildman–Crippen LogP) is 3.28. The van der Waals surface area contributed by atoms with Gasteiger partial charge in [0.2, 0.25) is 0 Å². The van der Waals surface area contributed by atoms with Crippen LogP contribution in [0.15, 0.2) is 36.4 Å². The highest BCUT2D eigenvalue weighted by Crippen LogP contribution is 2.28. The molecule has 0 unspecified atom stereocenters. The quantitative estimate of drug-likeness (QED) is 0.699. The first-order chi connectivity index (χ1) is 10.1. The molecular formula is C16H13NO3S. The number of thiophene rings is 1. The molecule has 1 N–H and O–H groups in total. The van der Waals surface area contributed by atoms with E-state index in [1.54, 1.807) is 41.7 Å². The first kappa shape index (κ1) is 13.6. The van der Waals surface area contributed by atoms with Crippen molar-refractivity contribution in [1.82, 2.24) is 0 Å². The van der Waals surface area contributed by atoms with E-state index >= 15 is 0 Å². The van der Waals surface area contributed by atoms with Gasteiger partial charge in [-0.15, -0.1) is 11.3 Å². The Kier molecular flexibility index (Phi) is 3.58. The zero-order valence-corrected chi connectivity index (χ0v) is 12.2. The molecule has 1 aromatic heterocycles. The first-order valence-electron chi connectivity index (χ1n) is 6.47. The molecule has 0 atom stereocenters. The van der Waals surface area contributed by atoms with Crippen molar-refractivity contribution < 1.29 is 14.3 Å². The molecule has 0 fully saturated rings. The second kappa shape index (κ2) is 5.54. The van der Waals surface area contributed by atoms with E-state index in [4.69, 9.17) is 4.74 Å². The third-order valence-corrected chi connectivity index (χ3v) is 4.02. The van der Waals surface area contributed by atoms with Gasteiger partial charge in [-0.3, -0.25) is 9.59 Å². The molecule has 0 spiro atoms. The van der Waals surface area contributed by atoms with E-state index in [2.05, 4.69) is 5.32 Å². The predicted molar refractivity (Wildman–Crippen MR) is 83.0 cm³/mol. The molecule has 2 heterocycles. The summed E-state index contributed by atoms with van der Waals surface area (Å²) in [6, 6.07) is 9.03. The van der Waals surface area contributed by atoms with Gasteiger partial charge < -0.3 is 10.1 Å². The van der Waals surface area contributed by atoms with Gasteiger partial charge in [-0.05, 0) is 49.4 Å². The molecule has 21 heavy (non-hydrogen) atoms.